The minimum absolute atomic E-state index is 0.0207. The van der Waals surface area contributed by atoms with Crippen molar-refractivity contribution in [3.05, 3.63) is 44.0 Å². The number of aromatic amines is 1. The molecule has 0 bridgehead atoms. The van der Waals surface area contributed by atoms with Gasteiger partial charge in [0.05, 0.1) is 16.7 Å². The Labute approximate surface area is 154 Å². The molecule has 0 fully saturated rings. The number of Topliss-reactive ketones (excluding diaryl/α,β-unsaturated/α-hetero) is 1. The van der Waals surface area contributed by atoms with Crippen LogP contribution in [0.3, 0.4) is 0 Å². The van der Waals surface area contributed by atoms with E-state index in [1.807, 2.05) is 13.0 Å². The first-order valence-electron chi connectivity index (χ1n) is 8.03. The number of hydrogen-bond acceptors (Lipinski definition) is 6. The Balaban J connectivity index is 2.05. The number of carbonyl (C=O) groups is 2. The van der Waals surface area contributed by atoms with Gasteiger partial charge in [-0.05, 0) is 25.5 Å². The number of nitrogens with zero attached hydrogens (tertiary/aromatic N) is 1. The average molecular weight is 380 g/mol. The summed E-state index contributed by atoms with van der Waals surface area (Å²) in [6, 6.07) is 5.10. The predicted octanol–water partition coefficient (Wildman–Crippen LogP) is 2.78. The fourth-order valence-electron chi connectivity index (χ4n) is 2.16. The molecule has 6 nitrogen and oxygen atoms in total. The molecule has 0 aromatic carbocycles. The lowest BCUT2D eigenvalue weighted by molar-refractivity contribution is -0.119. The molecule has 0 aliphatic carbocycles. The van der Waals surface area contributed by atoms with Crippen molar-refractivity contribution in [3.63, 3.8) is 0 Å². The molecule has 0 spiro atoms. The Hall–Kier alpha value is -1.93. The first-order valence-corrected chi connectivity index (χ1v) is 9.73. The summed E-state index contributed by atoms with van der Waals surface area (Å²) >= 11 is 2.62. The molecule has 0 unspecified atom stereocenters. The predicted molar refractivity (Wildman–Crippen MR) is 100 cm³/mol. The number of amides is 1. The number of aromatic nitrogens is 2. The highest BCUT2D eigenvalue weighted by Crippen LogP contribution is 2.25. The van der Waals surface area contributed by atoms with Gasteiger partial charge in [-0.3, -0.25) is 14.4 Å². The number of carbonyl (C=O) groups excluding carboxylic acids is 2. The SMILES string of the molecule is CCCc1cc(=O)[nH]c(S[C@@H](C)C(=O)c2ccc(CNC(C)=O)s2)n1. The lowest BCUT2D eigenvalue weighted by atomic mass is 10.2. The number of thiophene rings is 1. The number of rotatable bonds is 8. The second-order valence-electron chi connectivity index (χ2n) is 5.59. The molecule has 1 atom stereocenters. The minimum atomic E-state index is -0.368. The molecule has 0 saturated heterocycles. The van der Waals surface area contributed by atoms with E-state index >= 15 is 0 Å². The highest BCUT2D eigenvalue weighted by Gasteiger charge is 2.20. The maximum Gasteiger partial charge on any atom is 0.251 e. The quantitative estimate of drug-likeness (QED) is 0.418. The van der Waals surface area contributed by atoms with Crippen molar-refractivity contribution in [1.82, 2.24) is 15.3 Å². The van der Waals surface area contributed by atoms with Crippen molar-refractivity contribution in [2.45, 2.75) is 50.6 Å². The van der Waals surface area contributed by atoms with Crippen molar-refractivity contribution in [3.8, 4) is 0 Å². The van der Waals surface area contributed by atoms with Crippen LogP contribution in [0.1, 0.15) is 47.4 Å². The normalized spacial score (nSPS) is 12.0. The van der Waals surface area contributed by atoms with E-state index in [1.165, 1.54) is 36.1 Å². The molecule has 2 rings (SSSR count). The van der Waals surface area contributed by atoms with E-state index in [0.29, 0.717) is 16.6 Å². The number of H-pyrrole nitrogens is 1. The smallest absolute Gasteiger partial charge is 0.251 e. The molecule has 25 heavy (non-hydrogen) atoms. The van der Waals surface area contributed by atoms with Crippen LogP contribution in [0.15, 0.2) is 28.2 Å². The lowest BCUT2D eigenvalue weighted by Crippen LogP contribution is -2.18. The second kappa shape index (κ2) is 8.96. The van der Waals surface area contributed by atoms with E-state index in [0.717, 1.165) is 23.4 Å². The lowest BCUT2D eigenvalue weighted by Gasteiger charge is -2.09. The summed E-state index contributed by atoms with van der Waals surface area (Å²) in [5.41, 5.74) is 0.538. The van der Waals surface area contributed by atoms with Gasteiger partial charge in [-0.25, -0.2) is 4.98 Å². The first kappa shape index (κ1) is 19.4. The maximum absolute atomic E-state index is 12.6. The van der Waals surface area contributed by atoms with Crippen LogP contribution in [0.4, 0.5) is 0 Å². The molecule has 2 aromatic rings. The fraction of sp³-hybridized carbons (Fsp3) is 0.412. The van der Waals surface area contributed by atoms with Gasteiger partial charge in [0.2, 0.25) is 5.91 Å². The maximum atomic E-state index is 12.6. The van der Waals surface area contributed by atoms with E-state index in [9.17, 15) is 14.4 Å². The van der Waals surface area contributed by atoms with Crippen LogP contribution in [0.5, 0.6) is 0 Å². The molecular formula is C17H21N3O3S2. The number of hydrogen-bond donors (Lipinski definition) is 2. The first-order chi connectivity index (χ1) is 11.9. The summed E-state index contributed by atoms with van der Waals surface area (Å²) in [5.74, 6) is -0.125. The standard InChI is InChI=1S/C17H21N3O3S2/c1-4-5-12-8-15(22)20-17(19-12)24-10(2)16(23)14-7-6-13(25-14)9-18-11(3)21/h6-8,10H,4-5,9H2,1-3H3,(H,18,21)(H,19,20,22)/t10-/m0/s1. The monoisotopic (exact) mass is 379 g/mol. The Kier molecular flexibility index (Phi) is 6.95. The van der Waals surface area contributed by atoms with E-state index in [2.05, 4.69) is 15.3 Å². The summed E-state index contributed by atoms with van der Waals surface area (Å²) in [7, 11) is 0. The van der Waals surface area contributed by atoms with Crippen LogP contribution < -0.4 is 10.9 Å². The van der Waals surface area contributed by atoms with Crippen molar-refractivity contribution in [1.29, 1.82) is 0 Å². The topological polar surface area (TPSA) is 91.9 Å². The summed E-state index contributed by atoms with van der Waals surface area (Å²) in [6.45, 7) is 5.70. The van der Waals surface area contributed by atoms with Gasteiger partial charge in [-0.1, -0.05) is 25.1 Å². The molecule has 2 N–H and O–H groups in total. The van der Waals surface area contributed by atoms with E-state index in [1.54, 1.807) is 13.0 Å². The van der Waals surface area contributed by atoms with Crippen molar-refractivity contribution in [2.75, 3.05) is 0 Å². The van der Waals surface area contributed by atoms with Crippen LogP contribution in [0, 0.1) is 0 Å². The third-order valence-corrected chi connectivity index (χ3v) is 5.44. The van der Waals surface area contributed by atoms with Crippen LogP contribution in [0.25, 0.3) is 0 Å². The molecule has 0 saturated carbocycles. The average Bonchev–Trinajstić information content (AvgIpc) is 3.00. The molecule has 1 amide bonds. The molecule has 0 aliphatic rings. The van der Waals surface area contributed by atoms with Crippen molar-refractivity contribution >= 4 is 34.8 Å². The molecular weight excluding hydrogens is 358 g/mol. The fourth-order valence-corrected chi connectivity index (χ4v) is 4.11. The summed E-state index contributed by atoms with van der Waals surface area (Å²) in [5, 5.41) is 2.81. The number of thioether (sulfide) groups is 1. The van der Waals surface area contributed by atoms with Gasteiger partial charge in [0, 0.05) is 23.6 Å². The molecule has 0 radical (unpaired) electrons. The Morgan fingerprint density at radius 2 is 2.16 bits per heavy atom. The van der Waals surface area contributed by atoms with E-state index in [-0.39, 0.29) is 22.5 Å². The van der Waals surface area contributed by atoms with Crippen LogP contribution in [-0.2, 0) is 17.8 Å². The Morgan fingerprint density at radius 3 is 2.84 bits per heavy atom. The minimum Gasteiger partial charge on any atom is -0.351 e. The largest absolute Gasteiger partial charge is 0.351 e. The van der Waals surface area contributed by atoms with Gasteiger partial charge in [0.1, 0.15) is 0 Å². The highest BCUT2D eigenvalue weighted by atomic mass is 32.2. The van der Waals surface area contributed by atoms with E-state index < -0.39 is 0 Å². The molecule has 8 heteroatoms. The zero-order valence-corrected chi connectivity index (χ0v) is 16.1. The van der Waals surface area contributed by atoms with Crippen molar-refractivity contribution in [2.24, 2.45) is 0 Å². The van der Waals surface area contributed by atoms with Crippen molar-refractivity contribution < 1.29 is 9.59 Å². The zero-order valence-electron chi connectivity index (χ0n) is 14.4. The Bertz CT molecular complexity index is 813. The summed E-state index contributed by atoms with van der Waals surface area (Å²) < 4.78 is 0. The number of ketones is 1. The van der Waals surface area contributed by atoms with Gasteiger partial charge in [-0.2, -0.15) is 0 Å². The zero-order chi connectivity index (χ0) is 18.4. The Morgan fingerprint density at radius 1 is 1.40 bits per heavy atom. The molecule has 2 aromatic heterocycles. The van der Waals surface area contributed by atoms with E-state index in [4.69, 9.17) is 0 Å². The van der Waals surface area contributed by atoms with Gasteiger partial charge in [0.25, 0.3) is 5.56 Å². The van der Waals surface area contributed by atoms with Gasteiger partial charge >= 0.3 is 0 Å². The third kappa shape index (κ3) is 5.82. The van der Waals surface area contributed by atoms with Crippen LogP contribution in [0.2, 0.25) is 0 Å². The number of aryl methyl sites for hydroxylation is 1. The van der Waals surface area contributed by atoms with Gasteiger partial charge in [-0.15, -0.1) is 11.3 Å². The molecule has 0 aliphatic heterocycles. The second-order valence-corrected chi connectivity index (χ2v) is 8.09. The molecule has 134 valence electrons. The van der Waals surface area contributed by atoms with Crippen LogP contribution >= 0.6 is 23.1 Å². The van der Waals surface area contributed by atoms with Crippen LogP contribution in [-0.4, -0.2) is 26.9 Å². The summed E-state index contributed by atoms with van der Waals surface area (Å²) in [6.07, 6.45) is 1.64. The summed E-state index contributed by atoms with van der Waals surface area (Å²) in [4.78, 5) is 43.9. The van der Waals surface area contributed by atoms with Gasteiger partial charge in [0.15, 0.2) is 10.9 Å². The molecule has 2 heterocycles. The number of nitrogens with one attached hydrogen (secondary N) is 2. The highest BCUT2D eigenvalue weighted by molar-refractivity contribution is 8.00. The third-order valence-electron chi connectivity index (χ3n) is 3.35. The van der Waals surface area contributed by atoms with Gasteiger partial charge < -0.3 is 10.3 Å².